The van der Waals surface area contributed by atoms with E-state index < -0.39 is 0 Å². The van der Waals surface area contributed by atoms with Crippen molar-refractivity contribution in [2.24, 2.45) is 0 Å². The average Bonchev–Trinajstić information content (AvgIpc) is 3.97. The molecule has 0 saturated heterocycles. The van der Waals surface area contributed by atoms with Crippen molar-refractivity contribution in [2.75, 3.05) is 0 Å². The standard InChI is InChI=1S/C49H29N5OS2/c1-3-37-42(28(2)46-50-43(29-14-6-4-7-15-29)45-44(51-46)34-19-11-13-21-40(34)57-45)36-27-31(22-24-38(36)55-37)48-52-47(30-16-8-5-9-17-30)53-49(54-48)32-23-25-41-35(26-32)33-18-10-12-20-39(33)56-41/h3-27H,1-2H2. The van der Waals surface area contributed by atoms with Crippen LogP contribution in [0.2, 0.25) is 0 Å². The van der Waals surface area contributed by atoms with Crippen molar-refractivity contribution in [1.29, 1.82) is 0 Å². The number of hydrogen-bond acceptors (Lipinski definition) is 8. The van der Waals surface area contributed by atoms with E-state index in [4.69, 9.17) is 29.3 Å². The Morgan fingerprint density at radius 3 is 1.81 bits per heavy atom. The second kappa shape index (κ2) is 13.3. The summed E-state index contributed by atoms with van der Waals surface area (Å²) in [7, 11) is 0. The van der Waals surface area contributed by atoms with Crippen molar-refractivity contribution in [3.05, 3.63) is 176 Å². The average molecular weight is 768 g/mol. The van der Waals surface area contributed by atoms with Crippen molar-refractivity contribution in [1.82, 2.24) is 24.9 Å². The molecule has 5 aromatic heterocycles. The van der Waals surface area contributed by atoms with Gasteiger partial charge in [-0.1, -0.05) is 110 Å². The first-order chi connectivity index (χ1) is 28.1. The van der Waals surface area contributed by atoms with E-state index in [1.54, 1.807) is 28.7 Å². The van der Waals surface area contributed by atoms with Crippen LogP contribution in [0.15, 0.2) is 163 Å². The molecule has 0 aliphatic heterocycles. The van der Waals surface area contributed by atoms with E-state index in [9.17, 15) is 0 Å². The van der Waals surface area contributed by atoms with Gasteiger partial charge in [0.2, 0.25) is 0 Å². The zero-order valence-corrected chi connectivity index (χ0v) is 31.9. The lowest BCUT2D eigenvalue weighted by atomic mass is 10.00. The molecule has 5 heterocycles. The first-order valence-corrected chi connectivity index (χ1v) is 20.1. The summed E-state index contributed by atoms with van der Waals surface area (Å²) in [4.78, 5) is 25.6. The van der Waals surface area contributed by atoms with Gasteiger partial charge < -0.3 is 4.42 Å². The Hall–Kier alpha value is -7.13. The summed E-state index contributed by atoms with van der Waals surface area (Å²) in [6, 6.07) is 49.6. The molecular weight excluding hydrogens is 739 g/mol. The van der Waals surface area contributed by atoms with E-state index in [1.807, 2.05) is 66.7 Å². The summed E-state index contributed by atoms with van der Waals surface area (Å²) in [5.74, 6) is 2.84. The molecule has 268 valence electrons. The van der Waals surface area contributed by atoms with Crippen molar-refractivity contribution >= 4 is 85.8 Å². The van der Waals surface area contributed by atoms with Gasteiger partial charge >= 0.3 is 0 Å². The zero-order valence-electron chi connectivity index (χ0n) is 30.3. The van der Waals surface area contributed by atoms with Crippen molar-refractivity contribution in [2.45, 2.75) is 0 Å². The minimum absolute atomic E-state index is 0.520. The van der Waals surface area contributed by atoms with Crippen molar-refractivity contribution in [3.8, 4) is 45.4 Å². The smallest absolute Gasteiger partial charge is 0.164 e. The van der Waals surface area contributed by atoms with E-state index in [0.29, 0.717) is 40.2 Å². The van der Waals surface area contributed by atoms with Crippen LogP contribution in [-0.4, -0.2) is 24.9 Å². The minimum Gasteiger partial charge on any atom is -0.456 e. The summed E-state index contributed by atoms with van der Waals surface area (Å²) < 4.78 is 11.1. The quantitative estimate of drug-likeness (QED) is 0.161. The lowest BCUT2D eigenvalue weighted by Gasteiger charge is -2.10. The second-order valence-corrected chi connectivity index (χ2v) is 15.9. The van der Waals surface area contributed by atoms with E-state index >= 15 is 0 Å². The minimum atomic E-state index is 0.520. The molecular formula is C49H29N5OS2. The molecule has 0 unspecified atom stereocenters. The summed E-state index contributed by atoms with van der Waals surface area (Å²) in [6.45, 7) is 8.73. The highest BCUT2D eigenvalue weighted by Gasteiger charge is 2.23. The molecule has 6 aromatic carbocycles. The molecule has 11 rings (SSSR count). The third-order valence-electron chi connectivity index (χ3n) is 10.3. The summed E-state index contributed by atoms with van der Waals surface area (Å²) in [5.41, 5.74) is 7.49. The SMILES string of the molecule is C=Cc1oc2ccc(-c3nc(-c4ccccc4)nc(-c4ccc5sc6ccccc6c5c4)n3)cc2c1C(=C)c1nc(-c2ccccc2)c2sc3ccccc3c2n1. The molecule has 0 radical (unpaired) electrons. The summed E-state index contributed by atoms with van der Waals surface area (Å²) in [6.07, 6.45) is 1.72. The molecule has 0 fully saturated rings. The van der Waals surface area contributed by atoms with Gasteiger partial charge in [0.15, 0.2) is 23.3 Å². The van der Waals surface area contributed by atoms with Gasteiger partial charge in [0.05, 0.1) is 15.9 Å². The van der Waals surface area contributed by atoms with Crippen LogP contribution in [0, 0.1) is 0 Å². The number of nitrogens with zero attached hydrogens (tertiary/aromatic N) is 5. The van der Waals surface area contributed by atoms with Crippen LogP contribution < -0.4 is 0 Å². The molecule has 0 aliphatic carbocycles. The second-order valence-electron chi connectivity index (χ2n) is 13.8. The van der Waals surface area contributed by atoms with E-state index in [2.05, 4.69) is 92.0 Å². The maximum absolute atomic E-state index is 6.41. The van der Waals surface area contributed by atoms with E-state index in [-0.39, 0.29) is 0 Å². The molecule has 0 aliphatic rings. The highest BCUT2D eigenvalue weighted by molar-refractivity contribution is 7.26. The van der Waals surface area contributed by atoms with Crippen LogP contribution in [0.25, 0.3) is 109 Å². The van der Waals surface area contributed by atoms with Crippen LogP contribution in [0.5, 0.6) is 0 Å². The molecule has 57 heavy (non-hydrogen) atoms. The normalized spacial score (nSPS) is 11.6. The van der Waals surface area contributed by atoms with Crippen LogP contribution in [-0.2, 0) is 0 Å². The number of thiophene rings is 2. The van der Waals surface area contributed by atoms with Gasteiger partial charge in [0, 0.05) is 69.0 Å². The number of benzene rings is 6. The summed E-state index contributed by atoms with van der Waals surface area (Å²) >= 11 is 3.49. The van der Waals surface area contributed by atoms with E-state index in [0.717, 1.165) is 59.2 Å². The Morgan fingerprint density at radius 2 is 1.09 bits per heavy atom. The van der Waals surface area contributed by atoms with Crippen molar-refractivity contribution in [3.63, 3.8) is 0 Å². The van der Waals surface area contributed by atoms with Gasteiger partial charge in [-0.15, -0.1) is 22.7 Å². The Bertz CT molecular complexity index is 3400. The highest BCUT2D eigenvalue weighted by Crippen LogP contribution is 2.42. The predicted octanol–water partition coefficient (Wildman–Crippen LogP) is 13.5. The van der Waals surface area contributed by atoms with Crippen LogP contribution in [0.3, 0.4) is 0 Å². The van der Waals surface area contributed by atoms with Gasteiger partial charge in [0.1, 0.15) is 11.3 Å². The third kappa shape index (κ3) is 5.57. The Balaban J connectivity index is 1.08. The van der Waals surface area contributed by atoms with Crippen LogP contribution >= 0.6 is 22.7 Å². The summed E-state index contributed by atoms with van der Waals surface area (Å²) in [5, 5.41) is 4.32. The van der Waals surface area contributed by atoms with Gasteiger partial charge in [-0.05, 0) is 54.6 Å². The molecule has 0 bridgehead atoms. The fourth-order valence-corrected chi connectivity index (χ4v) is 9.80. The first-order valence-electron chi connectivity index (χ1n) is 18.5. The number of hydrogen-bond donors (Lipinski definition) is 0. The van der Waals surface area contributed by atoms with Gasteiger partial charge in [-0.25, -0.2) is 24.9 Å². The van der Waals surface area contributed by atoms with Crippen LogP contribution in [0.4, 0.5) is 0 Å². The maximum atomic E-state index is 6.41. The number of aromatic nitrogens is 5. The lowest BCUT2D eigenvalue weighted by Crippen LogP contribution is -2.00. The Labute approximate surface area is 334 Å². The molecule has 0 spiro atoms. The van der Waals surface area contributed by atoms with Gasteiger partial charge in [-0.3, -0.25) is 0 Å². The fraction of sp³-hybridized carbons (Fsp3) is 0. The zero-order chi connectivity index (χ0) is 38.0. The maximum Gasteiger partial charge on any atom is 0.164 e. The number of fused-ring (bicyclic) bond motifs is 7. The predicted molar refractivity (Wildman–Crippen MR) is 237 cm³/mol. The van der Waals surface area contributed by atoms with Crippen molar-refractivity contribution < 1.29 is 4.42 Å². The highest BCUT2D eigenvalue weighted by atomic mass is 32.1. The molecule has 0 amide bonds. The van der Waals surface area contributed by atoms with E-state index in [1.165, 1.54) is 20.2 Å². The molecule has 11 aromatic rings. The van der Waals surface area contributed by atoms with Crippen LogP contribution in [0.1, 0.15) is 17.1 Å². The Morgan fingerprint density at radius 1 is 0.509 bits per heavy atom. The van der Waals surface area contributed by atoms with Gasteiger partial charge in [0.25, 0.3) is 0 Å². The third-order valence-corrected chi connectivity index (χ3v) is 12.6. The fourth-order valence-electron chi connectivity index (χ4n) is 7.56. The topological polar surface area (TPSA) is 77.6 Å². The molecule has 0 atom stereocenters. The number of furan rings is 1. The van der Waals surface area contributed by atoms with Gasteiger partial charge in [-0.2, -0.15) is 0 Å². The molecule has 8 heteroatoms. The molecule has 0 saturated carbocycles. The first kappa shape index (κ1) is 33.2. The lowest BCUT2D eigenvalue weighted by molar-refractivity contribution is 0.603. The number of rotatable bonds is 7. The Kier molecular flexibility index (Phi) is 7.73. The largest absolute Gasteiger partial charge is 0.456 e. The molecule has 6 nitrogen and oxygen atoms in total. The monoisotopic (exact) mass is 767 g/mol. The molecule has 0 N–H and O–H groups in total.